The molecule has 0 saturated heterocycles. The normalized spacial score (nSPS) is 14.9. The standard InChI is InChI=1S/C20H45NP2/c1-17(2,3)13-22(14-18(4,5)6)21-23(15-19(7,8)9)16-20(10,11)12/h21H,13-16H2,1-12H3. The van der Waals surface area contributed by atoms with Crippen LogP contribution in [-0.4, -0.2) is 24.6 Å². The van der Waals surface area contributed by atoms with Gasteiger partial charge in [0.1, 0.15) is 0 Å². The van der Waals surface area contributed by atoms with Gasteiger partial charge < -0.3 is 0 Å². The minimum atomic E-state index is -0.103. The van der Waals surface area contributed by atoms with Gasteiger partial charge in [0, 0.05) is 0 Å². The van der Waals surface area contributed by atoms with Crippen LogP contribution < -0.4 is 4.86 Å². The van der Waals surface area contributed by atoms with Crippen LogP contribution in [0.3, 0.4) is 0 Å². The van der Waals surface area contributed by atoms with E-state index in [9.17, 15) is 0 Å². The van der Waals surface area contributed by atoms with Gasteiger partial charge in [-0.15, -0.1) is 0 Å². The molecule has 0 amide bonds. The summed E-state index contributed by atoms with van der Waals surface area (Å²) in [5.41, 5.74) is 1.64. The van der Waals surface area contributed by atoms with Crippen molar-refractivity contribution in [3.05, 3.63) is 0 Å². The molecule has 0 radical (unpaired) electrons. The molecule has 0 aliphatic heterocycles. The summed E-state index contributed by atoms with van der Waals surface area (Å²) in [7, 11) is -0.207. The molecule has 1 N–H and O–H groups in total. The van der Waals surface area contributed by atoms with Gasteiger partial charge in [-0.2, -0.15) is 0 Å². The average Bonchev–Trinajstić information content (AvgIpc) is 2.03. The molecule has 23 heavy (non-hydrogen) atoms. The van der Waals surface area contributed by atoms with Crippen LogP contribution in [0, 0.1) is 21.7 Å². The quantitative estimate of drug-likeness (QED) is 0.481. The van der Waals surface area contributed by atoms with Crippen LogP contribution in [0.4, 0.5) is 0 Å². The first-order chi connectivity index (χ1) is 9.86. The minimum Gasteiger partial charge on any atom is -0.273 e. The predicted molar refractivity (Wildman–Crippen MR) is 114 cm³/mol. The Hall–Kier alpha value is 0.820. The summed E-state index contributed by atoms with van der Waals surface area (Å²) >= 11 is 0. The highest BCUT2D eigenvalue weighted by Crippen LogP contribution is 2.53. The van der Waals surface area contributed by atoms with Gasteiger partial charge in [0.15, 0.2) is 0 Å². The van der Waals surface area contributed by atoms with Crippen LogP contribution in [-0.2, 0) is 0 Å². The first kappa shape index (κ1) is 23.8. The Balaban J connectivity index is 5.15. The number of hydrogen-bond acceptors (Lipinski definition) is 1. The lowest BCUT2D eigenvalue weighted by Crippen LogP contribution is -2.26. The van der Waals surface area contributed by atoms with Crippen molar-refractivity contribution in [3.8, 4) is 0 Å². The highest BCUT2D eigenvalue weighted by Gasteiger charge is 2.29. The van der Waals surface area contributed by atoms with E-state index in [4.69, 9.17) is 0 Å². The molecule has 140 valence electrons. The van der Waals surface area contributed by atoms with Gasteiger partial charge in [-0.05, 0) is 62.5 Å². The minimum absolute atomic E-state index is 0.103. The van der Waals surface area contributed by atoms with E-state index in [0.717, 1.165) is 0 Å². The van der Waals surface area contributed by atoms with Gasteiger partial charge in [-0.1, -0.05) is 83.1 Å². The second-order valence-corrected chi connectivity index (χ2v) is 16.3. The van der Waals surface area contributed by atoms with E-state index in [1.807, 2.05) is 0 Å². The molecule has 0 fully saturated rings. The summed E-state index contributed by atoms with van der Waals surface area (Å²) in [6, 6.07) is 0. The van der Waals surface area contributed by atoms with Crippen molar-refractivity contribution >= 4 is 16.1 Å². The molecule has 0 aromatic rings. The summed E-state index contributed by atoms with van der Waals surface area (Å²) in [4.78, 5) is 4.21. The maximum atomic E-state index is 4.21. The van der Waals surface area contributed by atoms with Crippen LogP contribution in [0.15, 0.2) is 0 Å². The SMILES string of the molecule is CC(C)(C)CP(CC(C)(C)C)NP(CC(C)(C)C)CC(C)(C)C. The zero-order valence-electron chi connectivity index (χ0n) is 18.2. The summed E-state index contributed by atoms with van der Waals surface area (Å²) in [5, 5.41) is 0. The van der Waals surface area contributed by atoms with Crippen LogP contribution in [0.5, 0.6) is 0 Å². The fourth-order valence-electron chi connectivity index (χ4n) is 2.74. The fourth-order valence-corrected chi connectivity index (χ4v) is 10.3. The van der Waals surface area contributed by atoms with Crippen molar-refractivity contribution in [3.63, 3.8) is 0 Å². The number of rotatable bonds is 6. The summed E-state index contributed by atoms with van der Waals surface area (Å²) in [5.74, 6) is 0. The van der Waals surface area contributed by atoms with Crippen LogP contribution >= 0.6 is 16.1 Å². The van der Waals surface area contributed by atoms with Crippen LogP contribution in [0.1, 0.15) is 83.1 Å². The van der Waals surface area contributed by atoms with E-state index in [1.54, 1.807) is 0 Å². The summed E-state index contributed by atoms with van der Waals surface area (Å²) in [6.07, 6.45) is 5.30. The Kier molecular flexibility index (Phi) is 8.77. The molecule has 0 bridgehead atoms. The molecule has 0 aliphatic carbocycles. The molecule has 3 heteroatoms. The Morgan fingerprint density at radius 1 is 0.435 bits per heavy atom. The lowest BCUT2D eigenvalue weighted by atomic mass is 10.00. The van der Waals surface area contributed by atoms with Gasteiger partial charge in [0.05, 0.1) is 0 Å². The van der Waals surface area contributed by atoms with E-state index in [1.165, 1.54) is 24.6 Å². The van der Waals surface area contributed by atoms with E-state index in [2.05, 4.69) is 87.9 Å². The third-order valence-corrected chi connectivity index (χ3v) is 10.5. The zero-order chi connectivity index (χ0) is 18.7. The van der Waals surface area contributed by atoms with Crippen molar-refractivity contribution < 1.29 is 0 Å². The molecule has 0 aromatic heterocycles. The van der Waals surface area contributed by atoms with Crippen LogP contribution in [0.2, 0.25) is 0 Å². The first-order valence-corrected chi connectivity index (χ1v) is 12.6. The molecular weight excluding hydrogens is 316 g/mol. The molecule has 0 spiro atoms. The predicted octanol–water partition coefficient (Wildman–Crippen LogP) is 7.55. The maximum absolute atomic E-state index is 4.21. The van der Waals surface area contributed by atoms with E-state index >= 15 is 0 Å². The smallest absolute Gasteiger partial charge is 0.0143 e. The maximum Gasteiger partial charge on any atom is -0.0143 e. The molecule has 0 saturated carbocycles. The van der Waals surface area contributed by atoms with Gasteiger partial charge in [0.25, 0.3) is 0 Å². The van der Waals surface area contributed by atoms with E-state index in [-0.39, 0.29) is 16.1 Å². The second-order valence-electron chi connectivity index (χ2n) is 12.1. The molecule has 0 rings (SSSR count). The van der Waals surface area contributed by atoms with Crippen molar-refractivity contribution in [2.24, 2.45) is 21.7 Å². The largest absolute Gasteiger partial charge is 0.273 e. The average molecular weight is 362 g/mol. The Labute approximate surface area is 150 Å². The zero-order valence-corrected chi connectivity index (χ0v) is 20.0. The van der Waals surface area contributed by atoms with Gasteiger partial charge in [-0.25, -0.2) is 0 Å². The van der Waals surface area contributed by atoms with Gasteiger partial charge in [0.2, 0.25) is 0 Å². The Morgan fingerprint density at radius 3 is 0.739 bits per heavy atom. The molecule has 0 aromatic carbocycles. The van der Waals surface area contributed by atoms with E-state index < -0.39 is 0 Å². The van der Waals surface area contributed by atoms with Gasteiger partial charge >= 0.3 is 0 Å². The highest BCUT2D eigenvalue weighted by atomic mass is 31.2. The van der Waals surface area contributed by atoms with Crippen molar-refractivity contribution in [2.45, 2.75) is 83.1 Å². The first-order valence-electron chi connectivity index (χ1n) is 9.13. The molecule has 0 unspecified atom stereocenters. The molecule has 1 nitrogen and oxygen atoms in total. The Morgan fingerprint density at radius 2 is 0.609 bits per heavy atom. The van der Waals surface area contributed by atoms with Crippen LogP contribution in [0.25, 0.3) is 0 Å². The fraction of sp³-hybridized carbons (Fsp3) is 1.00. The lowest BCUT2D eigenvalue weighted by molar-refractivity contribution is 0.454. The second kappa shape index (κ2) is 8.47. The highest BCUT2D eigenvalue weighted by molar-refractivity contribution is 7.71. The van der Waals surface area contributed by atoms with Crippen molar-refractivity contribution in [2.75, 3.05) is 24.6 Å². The van der Waals surface area contributed by atoms with Crippen molar-refractivity contribution in [1.29, 1.82) is 0 Å². The third kappa shape index (κ3) is 16.1. The molecule has 0 heterocycles. The molecule has 0 atom stereocenters. The summed E-state index contributed by atoms with van der Waals surface area (Å²) < 4.78 is 0. The topological polar surface area (TPSA) is 12.0 Å². The third-order valence-electron chi connectivity index (χ3n) is 2.94. The molecular formula is C20H45NP2. The van der Waals surface area contributed by atoms with E-state index in [0.29, 0.717) is 21.7 Å². The molecule has 0 aliphatic rings. The summed E-state index contributed by atoms with van der Waals surface area (Å²) in [6.45, 7) is 28.7. The number of nitrogens with one attached hydrogen (secondary N) is 1. The Bertz CT molecular complexity index is 271. The number of hydrogen-bond donors (Lipinski definition) is 1. The van der Waals surface area contributed by atoms with Gasteiger partial charge in [-0.3, -0.25) is 4.86 Å². The van der Waals surface area contributed by atoms with Crippen molar-refractivity contribution in [1.82, 2.24) is 4.86 Å². The lowest BCUT2D eigenvalue weighted by Gasteiger charge is -2.38. The monoisotopic (exact) mass is 361 g/mol.